The monoisotopic (exact) mass is 530 g/mol. The first kappa shape index (κ1) is 26.6. The van der Waals surface area contributed by atoms with Crippen molar-refractivity contribution in [3.63, 3.8) is 0 Å². The predicted octanol–water partition coefficient (Wildman–Crippen LogP) is 4.67. The molecule has 1 aromatic heterocycles. The molecule has 0 radical (unpaired) electrons. The summed E-state index contributed by atoms with van der Waals surface area (Å²) in [7, 11) is -3.87. The lowest BCUT2D eigenvalue weighted by Crippen LogP contribution is -2.16. The number of aromatic nitrogens is 2. The highest BCUT2D eigenvalue weighted by Crippen LogP contribution is 2.31. The van der Waals surface area contributed by atoms with Gasteiger partial charge in [0.15, 0.2) is 9.84 Å². The number of sulfone groups is 1. The van der Waals surface area contributed by atoms with Crippen molar-refractivity contribution in [2.75, 3.05) is 6.26 Å². The van der Waals surface area contributed by atoms with E-state index in [4.69, 9.17) is 0 Å². The van der Waals surface area contributed by atoms with Crippen molar-refractivity contribution >= 4 is 9.84 Å². The van der Waals surface area contributed by atoms with E-state index in [-0.39, 0.29) is 45.2 Å². The average Bonchev–Trinajstić information content (AvgIpc) is 3.23. The van der Waals surface area contributed by atoms with Crippen molar-refractivity contribution in [1.82, 2.24) is 9.55 Å². The van der Waals surface area contributed by atoms with Crippen molar-refractivity contribution in [1.29, 1.82) is 0 Å². The third-order valence-corrected chi connectivity index (χ3v) is 7.13. The lowest BCUT2D eigenvalue weighted by molar-refractivity contribution is 0.0741. The largest absolute Gasteiger partial charge is 0.392 e. The van der Waals surface area contributed by atoms with E-state index in [1.807, 2.05) is 0 Å². The van der Waals surface area contributed by atoms with E-state index in [9.17, 15) is 27.4 Å². The van der Waals surface area contributed by atoms with E-state index in [1.54, 1.807) is 18.2 Å². The van der Waals surface area contributed by atoms with Gasteiger partial charge in [-0.3, -0.25) is 0 Å². The van der Waals surface area contributed by atoms with Gasteiger partial charge in [0.1, 0.15) is 28.9 Å². The first-order valence-corrected chi connectivity index (χ1v) is 13.2. The Balaban J connectivity index is 1.82. The Morgan fingerprint density at radius 2 is 1.62 bits per heavy atom. The zero-order valence-electron chi connectivity index (χ0n) is 20.3. The van der Waals surface area contributed by atoms with Crippen LogP contribution in [-0.4, -0.2) is 34.4 Å². The number of halogens is 3. The van der Waals surface area contributed by atoms with E-state index in [2.05, 4.69) is 4.98 Å². The SMILES string of the molecule is CC(C)(O)c1cn(-c2ccc(-c3cc(F)c(CO)c(S(C)(=O)=O)c3)cc2F)c(Cc2ccccc2F)n1. The number of hydrogen-bond acceptors (Lipinski definition) is 5. The van der Waals surface area contributed by atoms with Crippen LogP contribution < -0.4 is 0 Å². The van der Waals surface area contributed by atoms with Gasteiger partial charge >= 0.3 is 0 Å². The predicted molar refractivity (Wildman–Crippen MR) is 132 cm³/mol. The van der Waals surface area contributed by atoms with Gasteiger partial charge in [-0.15, -0.1) is 0 Å². The van der Waals surface area contributed by atoms with Crippen LogP contribution in [0, 0.1) is 17.5 Å². The maximum absolute atomic E-state index is 15.5. The van der Waals surface area contributed by atoms with Gasteiger partial charge in [-0.2, -0.15) is 0 Å². The Hall–Kier alpha value is -3.47. The highest BCUT2D eigenvalue weighted by Gasteiger charge is 2.24. The van der Waals surface area contributed by atoms with Gasteiger partial charge < -0.3 is 14.8 Å². The van der Waals surface area contributed by atoms with Crippen LogP contribution in [-0.2, 0) is 28.5 Å². The minimum atomic E-state index is -3.87. The molecular formula is C27H25F3N2O4S. The third-order valence-electron chi connectivity index (χ3n) is 5.96. The molecule has 0 fully saturated rings. The van der Waals surface area contributed by atoms with Gasteiger partial charge in [0.05, 0.1) is 22.9 Å². The fourth-order valence-corrected chi connectivity index (χ4v) is 4.95. The number of aliphatic hydroxyl groups excluding tert-OH is 1. The van der Waals surface area contributed by atoms with Crippen LogP contribution in [0.3, 0.4) is 0 Å². The lowest BCUT2D eigenvalue weighted by Gasteiger charge is -2.14. The van der Waals surface area contributed by atoms with Gasteiger partial charge in [-0.25, -0.2) is 26.6 Å². The number of rotatable bonds is 7. The van der Waals surface area contributed by atoms with Crippen LogP contribution >= 0.6 is 0 Å². The van der Waals surface area contributed by atoms with Crippen molar-refractivity contribution in [3.8, 4) is 16.8 Å². The van der Waals surface area contributed by atoms with Gasteiger partial charge in [-0.05, 0) is 60.9 Å². The molecule has 0 saturated heterocycles. The highest BCUT2D eigenvalue weighted by atomic mass is 32.2. The fourth-order valence-electron chi connectivity index (χ4n) is 4.00. The highest BCUT2D eigenvalue weighted by molar-refractivity contribution is 7.90. The minimum Gasteiger partial charge on any atom is -0.392 e. The molecule has 0 unspecified atom stereocenters. The molecule has 0 aliphatic rings. The van der Waals surface area contributed by atoms with Gasteiger partial charge in [0.2, 0.25) is 0 Å². The quantitative estimate of drug-likeness (QED) is 0.362. The first-order chi connectivity index (χ1) is 17.3. The van der Waals surface area contributed by atoms with Crippen LogP contribution in [0.5, 0.6) is 0 Å². The molecule has 0 aliphatic heterocycles. The molecule has 0 atom stereocenters. The Labute approximate surface area is 212 Å². The number of aliphatic hydroxyl groups is 2. The lowest BCUT2D eigenvalue weighted by atomic mass is 10.0. The molecule has 3 aromatic carbocycles. The summed E-state index contributed by atoms with van der Waals surface area (Å²) in [6.07, 6.45) is 2.38. The van der Waals surface area contributed by atoms with Crippen LogP contribution in [0.1, 0.15) is 36.5 Å². The first-order valence-electron chi connectivity index (χ1n) is 11.3. The summed E-state index contributed by atoms with van der Waals surface area (Å²) in [6.45, 7) is 2.24. The standard InChI is InChI=1S/C27H25F3N2O4S/c1-27(2,34)25-14-32(26(31-25)13-17-6-4-5-7-20(17)28)23-9-8-16(10-22(23)30)18-11-21(29)19(15-33)24(12-18)37(3,35)36/h4-12,14,33-34H,13,15H2,1-3H3. The molecule has 0 spiro atoms. The van der Waals surface area contributed by atoms with E-state index in [0.29, 0.717) is 5.56 Å². The molecule has 10 heteroatoms. The molecule has 4 rings (SSSR count). The van der Waals surface area contributed by atoms with Gasteiger partial charge in [0.25, 0.3) is 0 Å². The fraction of sp³-hybridized carbons (Fsp3) is 0.222. The summed E-state index contributed by atoms with van der Waals surface area (Å²) in [5.74, 6) is -1.83. The second kappa shape index (κ2) is 9.77. The molecule has 4 aromatic rings. The Morgan fingerprint density at radius 3 is 2.22 bits per heavy atom. The number of hydrogen-bond donors (Lipinski definition) is 2. The van der Waals surface area contributed by atoms with Crippen molar-refractivity contribution < 1.29 is 31.8 Å². The minimum absolute atomic E-state index is 0.0233. The average molecular weight is 531 g/mol. The molecule has 0 bridgehead atoms. The molecule has 0 aliphatic carbocycles. The zero-order chi connectivity index (χ0) is 27.1. The summed E-state index contributed by atoms with van der Waals surface area (Å²) < 4.78 is 70.1. The third kappa shape index (κ3) is 5.46. The normalized spacial score (nSPS) is 12.2. The molecule has 0 saturated carbocycles. The second-order valence-corrected chi connectivity index (χ2v) is 11.3. The zero-order valence-corrected chi connectivity index (χ0v) is 21.2. The molecule has 6 nitrogen and oxygen atoms in total. The Bertz CT molecular complexity index is 1590. The number of benzene rings is 3. The van der Waals surface area contributed by atoms with E-state index in [0.717, 1.165) is 18.4 Å². The summed E-state index contributed by atoms with van der Waals surface area (Å²) in [6, 6.07) is 12.3. The van der Waals surface area contributed by atoms with E-state index >= 15 is 4.39 Å². The second-order valence-electron chi connectivity index (χ2n) is 9.27. The maximum Gasteiger partial charge on any atom is 0.176 e. The Morgan fingerprint density at radius 1 is 0.946 bits per heavy atom. The number of nitrogens with zero attached hydrogens (tertiary/aromatic N) is 2. The number of imidazole rings is 1. The van der Waals surface area contributed by atoms with E-state index in [1.165, 1.54) is 48.9 Å². The van der Waals surface area contributed by atoms with Crippen LogP contribution in [0.4, 0.5) is 13.2 Å². The molecule has 37 heavy (non-hydrogen) atoms. The molecule has 0 amide bonds. The molecular weight excluding hydrogens is 505 g/mol. The maximum atomic E-state index is 15.5. The van der Waals surface area contributed by atoms with Gasteiger partial charge in [0, 0.05) is 24.4 Å². The summed E-state index contributed by atoms with van der Waals surface area (Å²) in [4.78, 5) is 4.04. The Kier molecular flexibility index (Phi) is 7.02. The van der Waals surface area contributed by atoms with Crippen LogP contribution in [0.2, 0.25) is 0 Å². The molecule has 194 valence electrons. The summed E-state index contributed by atoms with van der Waals surface area (Å²) in [5.41, 5.74) is -0.765. The van der Waals surface area contributed by atoms with Crippen molar-refractivity contribution in [3.05, 3.63) is 101 Å². The van der Waals surface area contributed by atoms with Crippen LogP contribution in [0.15, 0.2) is 65.7 Å². The van der Waals surface area contributed by atoms with Gasteiger partial charge in [-0.1, -0.05) is 24.3 Å². The van der Waals surface area contributed by atoms with E-state index < -0.39 is 39.5 Å². The van der Waals surface area contributed by atoms with Crippen molar-refractivity contribution in [2.24, 2.45) is 0 Å². The topological polar surface area (TPSA) is 92.4 Å². The van der Waals surface area contributed by atoms with Crippen LogP contribution in [0.25, 0.3) is 16.8 Å². The molecule has 2 N–H and O–H groups in total. The smallest absolute Gasteiger partial charge is 0.176 e. The summed E-state index contributed by atoms with van der Waals surface area (Å²) in [5, 5.41) is 19.9. The van der Waals surface area contributed by atoms with Crippen molar-refractivity contribution in [2.45, 2.75) is 37.4 Å². The summed E-state index contributed by atoms with van der Waals surface area (Å²) >= 11 is 0. The molecule has 1 heterocycles.